The minimum absolute atomic E-state index is 0.0360. The molecule has 2 heterocycles. The number of methoxy groups -OCH3 is 1. The molecule has 0 aliphatic carbocycles. The van der Waals surface area contributed by atoms with Crippen molar-refractivity contribution >= 4 is 38.4 Å². The lowest BCUT2D eigenvalue weighted by molar-refractivity contribution is -0.129. The van der Waals surface area contributed by atoms with Gasteiger partial charge in [-0.1, -0.05) is 18.2 Å². The van der Waals surface area contributed by atoms with Crippen LogP contribution in [0, 0.1) is 6.92 Å². The number of nitrogens with one attached hydrogen (secondary N) is 1. The van der Waals surface area contributed by atoms with Crippen molar-refractivity contribution in [3.63, 3.8) is 0 Å². The monoisotopic (exact) mass is 482 g/mol. The third kappa shape index (κ3) is 4.59. The van der Waals surface area contributed by atoms with Crippen LogP contribution in [-0.2, 0) is 14.8 Å². The zero-order valence-corrected chi connectivity index (χ0v) is 20.1. The summed E-state index contributed by atoms with van der Waals surface area (Å²) in [6, 6.07) is 13.2. The molecule has 1 saturated heterocycles. The van der Waals surface area contributed by atoms with E-state index in [9.17, 15) is 18.0 Å². The van der Waals surface area contributed by atoms with Gasteiger partial charge in [-0.15, -0.1) is 0 Å². The number of hydrogen-bond acceptors (Lipinski definition) is 6. The second-order valence-corrected chi connectivity index (χ2v) is 10.00. The number of amides is 2. The lowest BCUT2D eigenvalue weighted by Crippen LogP contribution is -2.49. The number of pyridine rings is 1. The molecule has 1 aliphatic heterocycles. The van der Waals surface area contributed by atoms with Gasteiger partial charge in [0, 0.05) is 49.7 Å². The normalized spacial score (nSPS) is 14.7. The van der Waals surface area contributed by atoms with Crippen molar-refractivity contribution in [3.8, 4) is 5.75 Å². The molecule has 0 saturated carbocycles. The summed E-state index contributed by atoms with van der Waals surface area (Å²) in [5, 5.41) is 3.60. The summed E-state index contributed by atoms with van der Waals surface area (Å²) in [5.41, 5.74) is 2.10. The largest absolute Gasteiger partial charge is 0.494 e. The van der Waals surface area contributed by atoms with Crippen molar-refractivity contribution in [2.75, 3.05) is 38.6 Å². The predicted octanol–water partition coefficient (Wildman–Crippen LogP) is 2.66. The van der Waals surface area contributed by atoms with E-state index in [1.54, 1.807) is 36.3 Å². The molecule has 178 valence electrons. The van der Waals surface area contributed by atoms with Gasteiger partial charge in [0.2, 0.25) is 15.9 Å². The molecule has 1 N–H and O–H groups in total. The number of nitrogens with zero attached hydrogens (tertiary/aromatic N) is 3. The molecule has 0 bridgehead atoms. The first-order valence-corrected chi connectivity index (χ1v) is 12.3. The van der Waals surface area contributed by atoms with Crippen LogP contribution in [0.1, 0.15) is 23.0 Å². The molecule has 3 aromatic rings. The van der Waals surface area contributed by atoms with Crippen LogP contribution in [-0.4, -0.2) is 67.7 Å². The third-order valence-electron chi connectivity index (χ3n) is 5.82. The van der Waals surface area contributed by atoms with Crippen LogP contribution < -0.4 is 10.1 Å². The number of sulfonamides is 1. The summed E-state index contributed by atoms with van der Waals surface area (Å²) < 4.78 is 33.0. The summed E-state index contributed by atoms with van der Waals surface area (Å²) in [6.07, 6.45) is 0. The summed E-state index contributed by atoms with van der Waals surface area (Å²) >= 11 is 0. The van der Waals surface area contributed by atoms with E-state index in [2.05, 4.69) is 10.3 Å². The van der Waals surface area contributed by atoms with E-state index in [4.69, 9.17) is 4.74 Å². The lowest BCUT2D eigenvalue weighted by atomic mass is 10.1. The number of rotatable bonds is 5. The maximum Gasteiger partial charge on any atom is 0.255 e. The quantitative estimate of drug-likeness (QED) is 0.599. The Labute approximate surface area is 198 Å². The van der Waals surface area contributed by atoms with Crippen molar-refractivity contribution in [1.29, 1.82) is 0 Å². The number of anilines is 1. The Bertz CT molecular complexity index is 1370. The van der Waals surface area contributed by atoms with Gasteiger partial charge in [-0.25, -0.2) is 13.4 Å². The van der Waals surface area contributed by atoms with Crippen molar-refractivity contribution in [1.82, 2.24) is 14.2 Å². The molecule has 2 amide bonds. The van der Waals surface area contributed by atoms with E-state index in [1.165, 1.54) is 23.4 Å². The molecule has 1 aliphatic rings. The van der Waals surface area contributed by atoms with Gasteiger partial charge in [0.15, 0.2) is 0 Å². The number of piperazine rings is 1. The van der Waals surface area contributed by atoms with Crippen LogP contribution in [0.15, 0.2) is 53.4 Å². The zero-order chi connectivity index (χ0) is 24.5. The minimum atomic E-state index is -3.80. The highest BCUT2D eigenvalue weighted by Crippen LogP contribution is 2.30. The number of ether oxygens (including phenoxy) is 1. The minimum Gasteiger partial charge on any atom is -0.494 e. The summed E-state index contributed by atoms with van der Waals surface area (Å²) in [4.78, 5) is 30.8. The SMILES string of the molecule is COc1cccc2c(NC(=O)c3cccc(S(=O)(=O)N4CCN(C(C)=O)CC4)c3)cc(C)nc12. The number of carbonyl (C=O) groups is 2. The Kier molecular flexibility index (Phi) is 6.54. The van der Waals surface area contributed by atoms with Gasteiger partial charge < -0.3 is 15.0 Å². The van der Waals surface area contributed by atoms with Gasteiger partial charge in [-0.3, -0.25) is 9.59 Å². The Hall–Kier alpha value is -3.50. The maximum atomic E-state index is 13.2. The molecule has 0 spiro atoms. The predicted molar refractivity (Wildman–Crippen MR) is 128 cm³/mol. The van der Waals surface area contributed by atoms with E-state index in [-0.39, 0.29) is 29.5 Å². The number of hydrogen-bond donors (Lipinski definition) is 1. The van der Waals surface area contributed by atoms with Gasteiger partial charge in [-0.05, 0) is 37.3 Å². The van der Waals surface area contributed by atoms with Crippen LogP contribution in [0.5, 0.6) is 5.75 Å². The fourth-order valence-corrected chi connectivity index (χ4v) is 5.47. The Morgan fingerprint density at radius 1 is 1.03 bits per heavy atom. The Balaban J connectivity index is 1.59. The van der Waals surface area contributed by atoms with Gasteiger partial charge in [0.25, 0.3) is 5.91 Å². The average Bonchev–Trinajstić information content (AvgIpc) is 2.83. The van der Waals surface area contributed by atoms with E-state index in [1.807, 2.05) is 19.1 Å². The second kappa shape index (κ2) is 9.40. The topological polar surface area (TPSA) is 109 Å². The number of fused-ring (bicyclic) bond motifs is 1. The molecule has 10 heteroatoms. The molecule has 0 unspecified atom stereocenters. The van der Waals surface area contributed by atoms with E-state index in [0.29, 0.717) is 41.1 Å². The maximum absolute atomic E-state index is 13.2. The summed E-state index contributed by atoms with van der Waals surface area (Å²) in [7, 11) is -2.24. The number of aromatic nitrogens is 1. The lowest BCUT2D eigenvalue weighted by Gasteiger charge is -2.33. The standard InChI is InChI=1S/C24H26N4O5S/c1-16-14-21(20-8-5-9-22(33-3)23(20)25-16)26-24(30)18-6-4-7-19(15-18)34(31,32)28-12-10-27(11-13-28)17(2)29/h4-9,14-15H,10-13H2,1-3H3,(H,25,26,30). The fourth-order valence-electron chi connectivity index (χ4n) is 4.00. The molecule has 2 aromatic carbocycles. The Morgan fingerprint density at radius 2 is 1.74 bits per heavy atom. The van der Waals surface area contributed by atoms with Crippen LogP contribution in [0.2, 0.25) is 0 Å². The number of carbonyl (C=O) groups excluding carboxylic acids is 2. The molecule has 4 rings (SSSR count). The van der Waals surface area contributed by atoms with Gasteiger partial charge in [-0.2, -0.15) is 4.31 Å². The second-order valence-electron chi connectivity index (χ2n) is 8.06. The molecular weight excluding hydrogens is 456 g/mol. The van der Waals surface area contributed by atoms with Crippen molar-refractivity contribution in [3.05, 3.63) is 59.8 Å². The van der Waals surface area contributed by atoms with Crippen LogP contribution in [0.3, 0.4) is 0 Å². The van der Waals surface area contributed by atoms with Gasteiger partial charge in [0.05, 0.1) is 17.7 Å². The first-order chi connectivity index (χ1) is 16.2. The van der Waals surface area contributed by atoms with Gasteiger partial charge >= 0.3 is 0 Å². The van der Waals surface area contributed by atoms with Crippen molar-refractivity contribution < 1.29 is 22.7 Å². The molecule has 34 heavy (non-hydrogen) atoms. The third-order valence-corrected chi connectivity index (χ3v) is 7.71. The van der Waals surface area contributed by atoms with E-state index in [0.717, 1.165) is 0 Å². The van der Waals surface area contributed by atoms with Crippen molar-refractivity contribution in [2.45, 2.75) is 18.7 Å². The molecule has 1 fully saturated rings. The van der Waals surface area contributed by atoms with Crippen LogP contribution in [0.4, 0.5) is 5.69 Å². The number of para-hydroxylation sites is 1. The molecule has 0 atom stereocenters. The Morgan fingerprint density at radius 3 is 2.41 bits per heavy atom. The number of benzene rings is 2. The first kappa shape index (κ1) is 23.7. The van der Waals surface area contributed by atoms with E-state index >= 15 is 0 Å². The molecular formula is C24H26N4O5S. The zero-order valence-electron chi connectivity index (χ0n) is 19.2. The fraction of sp³-hybridized carbons (Fsp3) is 0.292. The van der Waals surface area contributed by atoms with Gasteiger partial charge in [0.1, 0.15) is 11.3 Å². The summed E-state index contributed by atoms with van der Waals surface area (Å²) in [5.74, 6) is 0.0787. The van der Waals surface area contributed by atoms with Crippen LogP contribution in [0.25, 0.3) is 10.9 Å². The molecule has 0 radical (unpaired) electrons. The molecule has 1 aromatic heterocycles. The molecule has 9 nitrogen and oxygen atoms in total. The first-order valence-electron chi connectivity index (χ1n) is 10.8. The smallest absolute Gasteiger partial charge is 0.255 e. The summed E-state index contributed by atoms with van der Waals surface area (Å²) in [6.45, 7) is 4.39. The van der Waals surface area contributed by atoms with Crippen molar-refractivity contribution in [2.24, 2.45) is 0 Å². The van der Waals surface area contributed by atoms with E-state index < -0.39 is 15.9 Å². The number of aryl methyl sites for hydroxylation is 1. The highest BCUT2D eigenvalue weighted by atomic mass is 32.2. The van der Waals surface area contributed by atoms with Crippen LogP contribution >= 0.6 is 0 Å². The highest BCUT2D eigenvalue weighted by Gasteiger charge is 2.29. The highest BCUT2D eigenvalue weighted by molar-refractivity contribution is 7.89. The average molecular weight is 483 g/mol.